The van der Waals surface area contributed by atoms with Crippen molar-refractivity contribution in [2.45, 2.75) is 45.1 Å². The summed E-state index contributed by atoms with van der Waals surface area (Å²) in [4.78, 5) is 11.7. The van der Waals surface area contributed by atoms with Crippen LogP contribution in [0.2, 0.25) is 0 Å². The molecule has 0 aliphatic heterocycles. The predicted octanol–water partition coefficient (Wildman–Crippen LogP) is 2.71. The predicted molar refractivity (Wildman–Crippen MR) is 79.7 cm³/mol. The molecule has 0 bridgehead atoms. The number of unbranched alkanes of at least 4 members (excludes halogenated alkanes) is 2. The minimum absolute atomic E-state index is 0.239. The Bertz CT molecular complexity index is 431. The Hall–Kier alpha value is -1.79. The molecule has 0 spiro atoms. The second-order valence-electron chi connectivity index (χ2n) is 4.66. The highest BCUT2D eigenvalue weighted by atomic mass is 16.2. The lowest BCUT2D eigenvalue weighted by Gasteiger charge is -2.10. The lowest BCUT2D eigenvalue weighted by atomic mass is 10.1. The van der Waals surface area contributed by atoms with Crippen LogP contribution in [0.5, 0.6) is 0 Å². The van der Waals surface area contributed by atoms with E-state index in [1.54, 1.807) is 0 Å². The molecular weight excluding hydrogens is 236 g/mol. The molecule has 19 heavy (non-hydrogen) atoms. The minimum atomic E-state index is -0.644. The largest absolute Gasteiger partial charge is 0.325 e. The van der Waals surface area contributed by atoms with E-state index in [4.69, 9.17) is 12.2 Å². The number of amides is 1. The van der Waals surface area contributed by atoms with Crippen molar-refractivity contribution >= 4 is 11.6 Å². The summed E-state index contributed by atoms with van der Waals surface area (Å²) in [7, 11) is 0. The molecule has 0 radical (unpaired) electrons. The molecule has 3 heteroatoms. The first-order chi connectivity index (χ1) is 9.17. The summed E-state index contributed by atoms with van der Waals surface area (Å²) in [5.74, 6) is 2.15. The highest BCUT2D eigenvalue weighted by Gasteiger charge is 2.11. The van der Waals surface area contributed by atoms with Gasteiger partial charge in [-0.3, -0.25) is 4.79 Å². The fourth-order valence-electron chi connectivity index (χ4n) is 1.79. The van der Waals surface area contributed by atoms with E-state index in [1.165, 1.54) is 24.8 Å². The van der Waals surface area contributed by atoms with Crippen molar-refractivity contribution < 1.29 is 4.79 Å². The lowest BCUT2D eigenvalue weighted by molar-refractivity contribution is -0.117. The Kier molecular flexibility index (Phi) is 6.70. The third-order valence-corrected chi connectivity index (χ3v) is 2.97. The molecule has 0 fully saturated rings. The highest BCUT2D eigenvalue weighted by molar-refractivity contribution is 5.94. The molecule has 0 aliphatic rings. The number of hydrogen-bond donors (Lipinski definition) is 2. The van der Waals surface area contributed by atoms with Gasteiger partial charge < -0.3 is 11.1 Å². The standard InChI is InChI=1S/C16H22N2O/c1-3-5-6-8-13-9-11-14(12-10-13)18-16(19)15(17)7-4-2/h2,9-12,15H,3,5-8,17H2,1H3,(H,18,19). The van der Waals surface area contributed by atoms with Crippen molar-refractivity contribution in [2.75, 3.05) is 5.32 Å². The van der Waals surface area contributed by atoms with Crippen LogP contribution in [0.1, 0.15) is 38.2 Å². The molecule has 3 nitrogen and oxygen atoms in total. The Morgan fingerprint density at radius 3 is 2.63 bits per heavy atom. The Balaban J connectivity index is 2.48. The lowest BCUT2D eigenvalue weighted by Crippen LogP contribution is -2.35. The summed E-state index contributed by atoms with van der Waals surface area (Å²) >= 11 is 0. The first-order valence-electron chi connectivity index (χ1n) is 6.76. The maximum absolute atomic E-state index is 11.7. The van der Waals surface area contributed by atoms with E-state index in [0.29, 0.717) is 0 Å². The SMILES string of the molecule is C#CCC(N)C(=O)Nc1ccc(CCCCC)cc1. The van der Waals surface area contributed by atoms with Crippen LogP contribution < -0.4 is 11.1 Å². The summed E-state index contributed by atoms with van der Waals surface area (Å²) in [6, 6.07) is 7.24. The topological polar surface area (TPSA) is 55.1 Å². The molecule has 0 aromatic heterocycles. The molecule has 0 heterocycles. The van der Waals surface area contributed by atoms with Gasteiger partial charge in [0.2, 0.25) is 5.91 Å². The van der Waals surface area contributed by atoms with E-state index in [1.807, 2.05) is 24.3 Å². The maximum atomic E-state index is 11.7. The zero-order valence-corrected chi connectivity index (χ0v) is 11.5. The summed E-state index contributed by atoms with van der Waals surface area (Å²) < 4.78 is 0. The van der Waals surface area contributed by atoms with Crippen LogP contribution in [0.25, 0.3) is 0 Å². The first kappa shape index (κ1) is 15.3. The minimum Gasteiger partial charge on any atom is -0.325 e. The number of rotatable bonds is 7. The van der Waals surface area contributed by atoms with Gasteiger partial charge in [-0.1, -0.05) is 31.9 Å². The van der Waals surface area contributed by atoms with Gasteiger partial charge in [-0.05, 0) is 30.5 Å². The molecule has 1 aromatic rings. The van der Waals surface area contributed by atoms with Gasteiger partial charge in [0, 0.05) is 12.1 Å². The van der Waals surface area contributed by atoms with E-state index < -0.39 is 6.04 Å². The fraction of sp³-hybridized carbons (Fsp3) is 0.438. The smallest absolute Gasteiger partial charge is 0.242 e. The highest BCUT2D eigenvalue weighted by Crippen LogP contribution is 2.12. The third-order valence-electron chi connectivity index (χ3n) is 2.97. The van der Waals surface area contributed by atoms with Crippen LogP contribution in [-0.2, 0) is 11.2 Å². The average molecular weight is 258 g/mol. The van der Waals surface area contributed by atoms with Gasteiger partial charge in [-0.15, -0.1) is 12.3 Å². The van der Waals surface area contributed by atoms with Crippen molar-refractivity contribution in [3.63, 3.8) is 0 Å². The number of carbonyl (C=O) groups excluding carboxylic acids is 1. The molecule has 1 aromatic carbocycles. The van der Waals surface area contributed by atoms with Crippen LogP contribution in [-0.4, -0.2) is 11.9 Å². The number of carbonyl (C=O) groups is 1. The van der Waals surface area contributed by atoms with Gasteiger partial charge in [0.15, 0.2) is 0 Å². The third kappa shape index (κ3) is 5.58. The van der Waals surface area contributed by atoms with E-state index >= 15 is 0 Å². The quantitative estimate of drug-likeness (QED) is 0.583. The average Bonchev–Trinajstić information content (AvgIpc) is 2.41. The van der Waals surface area contributed by atoms with E-state index in [2.05, 4.69) is 18.2 Å². The zero-order valence-electron chi connectivity index (χ0n) is 11.5. The number of anilines is 1. The van der Waals surface area contributed by atoms with Crippen molar-refractivity contribution in [3.8, 4) is 12.3 Å². The summed E-state index contributed by atoms with van der Waals surface area (Å²) in [6.45, 7) is 2.19. The second kappa shape index (κ2) is 8.34. The molecule has 0 saturated heterocycles. The molecule has 102 valence electrons. The van der Waals surface area contributed by atoms with Crippen molar-refractivity contribution in [3.05, 3.63) is 29.8 Å². The molecule has 0 saturated carbocycles. The molecule has 1 amide bonds. The van der Waals surface area contributed by atoms with E-state index in [-0.39, 0.29) is 12.3 Å². The van der Waals surface area contributed by atoms with Gasteiger partial charge >= 0.3 is 0 Å². The summed E-state index contributed by atoms with van der Waals surface area (Å²) in [5, 5.41) is 2.76. The van der Waals surface area contributed by atoms with Gasteiger partial charge in [0.25, 0.3) is 0 Å². The van der Waals surface area contributed by atoms with E-state index in [0.717, 1.165) is 12.1 Å². The normalized spacial score (nSPS) is 11.6. The van der Waals surface area contributed by atoms with Crippen LogP contribution in [0.4, 0.5) is 5.69 Å². The number of nitrogens with one attached hydrogen (secondary N) is 1. The van der Waals surface area contributed by atoms with Crippen LogP contribution >= 0.6 is 0 Å². The number of aryl methyl sites for hydroxylation is 1. The number of benzene rings is 1. The van der Waals surface area contributed by atoms with Gasteiger partial charge in [-0.2, -0.15) is 0 Å². The fourth-order valence-corrected chi connectivity index (χ4v) is 1.79. The maximum Gasteiger partial charge on any atom is 0.242 e. The van der Waals surface area contributed by atoms with Crippen LogP contribution in [0.15, 0.2) is 24.3 Å². The summed E-state index contributed by atoms with van der Waals surface area (Å²) in [5.41, 5.74) is 7.68. The number of terminal acetylenes is 1. The molecular formula is C16H22N2O. The Morgan fingerprint density at radius 1 is 1.37 bits per heavy atom. The summed E-state index contributed by atoms with van der Waals surface area (Å²) in [6.07, 6.45) is 10.1. The van der Waals surface area contributed by atoms with Gasteiger partial charge in [0.1, 0.15) is 0 Å². The monoisotopic (exact) mass is 258 g/mol. The van der Waals surface area contributed by atoms with E-state index in [9.17, 15) is 4.79 Å². The molecule has 1 atom stereocenters. The molecule has 1 unspecified atom stereocenters. The number of nitrogens with two attached hydrogens (primary N) is 1. The molecule has 3 N–H and O–H groups in total. The first-order valence-corrected chi connectivity index (χ1v) is 6.76. The Morgan fingerprint density at radius 2 is 2.05 bits per heavy atom. The van der Waals surface area contributed by atoms with Crippen molar-refractivity contribution in [2.24, 2.45) is 5.73 Å². The van der Waals surface area contributed by atoms with Gasteiger partial charge in [0.05, 0.1) is 6.04 Å². The Labute approximate surface area is 115 Å². The van der Waals surface area contributed by atoms with Crippen LogP contribution in [0.3, 0.4) is 0 Å². The zero-order chi connectivity index (χ0) is 14.1. The molecule has 1 rings (SSSR count). The van der Waals surface area contributed by atoms with Gasteiger partial charge in [-0.25, -0.2) is 0 Å². The van der Waals surface area contributed by atoms with Crippen molar-refractivity contribution in [1.82, 2.24) is 0 Å². The van der Waals surface area contributed by atoms with Crippen molar-refractivity contribution in [1.29, 1.82) is 0 Å². The number of hydrogen-bond acceptors (Lipinski definition) is 2. The van der Waals surface area contributed by atoms with Crippen LogP contribution in [0, 0.1) is 12.3 Å². The second-order valence-corrected chi connectivity index (χ2v) is 4.66. The molecule has 0 aliphatic carbocycles.